The van der Waals surface area contributed by atoms with Gasteiger partial charge in [0, 0.05) is 49.7 Å². The Morgan fingerprint density at radius 3 is 1.80 bits per heavy atom. The highest BCUT2D eigenvalue weighted by atomic mass is 32.2. The Hall–Kier alpha value is -7.60. The van der Waals surface area contributed by atoms with Gasteiger partial charge < -0.3 is 68.1 Å². The van der Waals surface area contributed by atoms with Gasteiger partial charge in [0.25, 0.3) is 0 Å². The van der Waals surface area contributed by atoms with Gasteiger partial charge in [0.1, 0.15) is 47.3 Å². The van der Waals surface area contributed by atoms with Crippen molar-refractivity contribution in [1.29, 1.82) is 0 Å². The molecule has 14 N–H and O–H groups in total. The van der Waals surface area contributed by atoms with E-state index >= 15 is 0 Å². The Bertz CT molecular complexity index is 3050. The summed E-state index contributed by atoms with van der Waals surface area (Å²) in [4.78, 5) is 159. The molecule has 0 spiro atoms. The smallest absolute Gasteiger partial charge is 0.329 e. The van der Waals surface area contributed by atoms with Crippen LogP contribution in [0.1, 0.15) is 101 Å². The Morgan fingerprint density at radius 1 is 0.699 bits per heavy atom. The highest BCUT2D eigenvalue weighted by Gasteiger charge is 2.52. The zero-order valence-corrected chi connectivity index (χ0v) is 49.3. The molecule has 0 unspecified atom stereocenters. The summed E-state index contributed by atoms with van der Waals surface area (Å²) >= 11 is 1.40. The molecule has 5 rings (SSSR count). The number of aliphatic carboxylic acids is 1. The van der Waals surface area contributed by atoms with Crippen molar-refractivity contribution >= 4 is 89.4 Å². The maximum absolute atomic E-state index is 14.9. The second kappa shape index (κ2) is 29.6. The van der Waals surface area contributed by atoms with Crippen LogP contribution in [-0.2, 0) is 77.9 Å². The molecular weight excluding hydrogens is 1110 g/mol. The van der Waals surface area contributed by atoms with Gasteiger partial charge in [-0.3, -0.25) is 52.5 Å². The van der Waals surface area contributed by atoms with Gasteiger partial charge >= 0.3 is 13.6 Å². The maximum atomic E-state index is 14.9. The lowest BCUT2D eigenvalue weighted by atomic mass is 9.98. The first-order valence-corrected chi connectivity index (χ1v) is 30.3. The number of thioether (sulfide) groups is 1. The number of benzene rings is 3. The molecule has 4 aromatic rings. The van der Waals surface area contributed by atoms with Gasteiger partial charge in [-0.15, -0.1) is 0 Å². The van der Waals surface area contributed by atoms with Gasteiger partial charge in [0.15, 0.2) is 0 Å². The van der Waals surface area contributed by atoms with Crippen molar-refractivity contribution in [2.45, 2.75) is 153 Å². The van der Waals surface area contributed by atoms with E-state index in [2.05, 4.69) is 47.5 Å². The number of fused-ring (bicyclic) bond motifs is 1. The summed E-state index contributed by atoms with van der Waals surface area (Å²) in [6.45, 7) is 9.52. The summed E-state index contributed by atoms with van der Waals surface area (Å²) in [7, 11) is -4.49. The predicted molar refractivity (Wildman–Crippen MR) is 311 cm³/mol. The van der Waals surface area contributed by atoms with Gasteiger partial charge in [0.2, 0.25) is 53.2 Å². The maximum Gasteiger partial charge on any atom is 0.329 e. The molecule has 1 aromatic heterocycles. The van der Waals surface area contributed by atoms with Crippen LogP contribution < -0.4 is 48.3 Å². The Labute approximate surface area is 485 Å². The number of carbonyl (C=O) groups is 10. The third kappa shape index (κ3) is 20.7. The van der Waals surface area contributed by atoms with E-state index in [1.807, 2.05) is 32.9 Å². The molecule has 1 heterocycles. The predicted octanol–water partition coefficient (Wildman–Crippen LogP) is 1.80. The average Bonchev–Trinajstić information content (AvgIpc) is 2.77. The normalized spacial score (nSPS) is 15.0. The Balaban J connectivity index is 1.46. The number of aromatic nitrogens is 1. The van der Waals surface area contributed by atoms with E-state index in [9.17, 15) is 67.4 Å². The molecule has 0 bridgehead atoms. The van der Waals surface area contributed by atoms with E-state index in [1.165, 1.54) is 56.8 Å². The van der Waals surface area contributed by atoms with Crippen LogP contribution in [0.25, 0.3) is 10.9 Å². The first-order valence-electron chi connectivity index (χ1n) is 27.1. The van der Waals surface area contributed by atoms with Crippen LogP contribution in [0.5, 0.6) is 0 Å². The molecule has 0 aliphatic heterocycles. The van der Waals surface area contributed by atoms with Crippen molar-refractivity contribution in [1.82, 2.24) is 47.5 Å². The van der Waals surface area contributed by atoms with Gasteiger partial charge in [-0.1, -0.05) is 80.6 Å². The second-order valence-corrected chi connectivity index (χ2v) is 24.7. The van der Waals surface area contributed by atoms with Crippen LogP contribution in [0.15, 0.2) is 79.0 Å². The number of primary amides is 1. The molecule has 1 aliphatic carbocycles. The van der Waals surface area contributed by atoms with Crippen LogP contribution in [0.3, 0.4) is 0 Å². The monoisotopic (exact) mass is 1190 g/mol. The quantitative estimate of drug-likeness (QED) is 0.0310. The van der Waals surface area contributed by atoms with E-state index in [0.29, 0.717) is 27.8 Å². The van der Waals surface area contributed by atoms with Crippen molar-refractivity contribution in [3.8, 4) is 0 Å². The highest BCUT2D eigenvalue weighted by molar-refractivity contribution is 7.98. The van der Waals surface area contributed by atoms with Crippen molar-refractivity contribution < 1.29 is 67.4 Å². The SMILES string of the molecule is CSCC[C@@H](NC(=O)[C@H](Cc1ccccc1)NC(C)=O)C(=O)NC(C)(C)C(=O)N[C@@H](Cc1ccc(CP(=O)(O)O)cc1)C(=O)N[C@@H](Cc1c[nH]c2cc(C)ccc12)C(=O)N[C@@H](CCC(=O)O)C(=O)NC1(C(=O)N[C@@H](CC(C)C)C(N)=O)CC1. The molecule has 1 saturated carbocycles. The van der Waals surface area contributed by atoms with Gasteiger partial charge in [-0.05, 0) is 105 Å². The molecule has 1 fully saturated rings. The molecule has 26 heteroatoms. The first kappa shape index (κ1) is 66.2. The minimum absolute atomic E-state index is 0.0333. The first-order chi connectivity index (χ1) is 39.0. The summed E-state index contributed by atoms with van der Waals surface area (Å²) in [5.41, 5.74) is 5.78. The number of nitrogens with one attached hydrogen (secondary N) is 9. The van der Waals surface area contributed by atoms with Gasteiger partial charge in [-0.25, -0.2) is 0 Å². The molecule has 450 valence electrons. The second-order valence-electron chi connectivity index (χ2n) is 22.0. The number of hydrogen-bond acceptors (Lipinski definition) is 12. The van der Waals surface area contributed by atoms with E-state index in [-0.39, 0.29) is 56.4 Å². The lowest BCUT2D eigenvalue weighted by Gasteiger charge is -2.31. The number of carboxylic acids is 1. The van der Waals surface area contributed by atoms with Crippen LogP contribution in [-0.4, -0.2) is 138 Å². The van der Waals surface area contributed by atoms with Crippen molar-refractivity contribution in [2.24, 2.45) is 11.7 Å². The molecule has 1 aliphatic rings. The topological polar surface area (TPSA) is 387 Å². The number of aromatic amines is 1. The molecule has 83 heavy (non-hydrogen) atoms. The van der Waals surface area contributed by atoms with E-state index in [0.717, 1.165) is 11.1 Å². The summed E-state index contributed by atoms with van der Waals surface area (Å²) < 4.78 is 11.8. The number of carbonyl (C=O) groups excluding carboxylic acids is 9. The number of aryl methyl sites for hydroxylation is 1. The van der Waals surface area contributed by atoms with E-state index in [4.69, 9.17) is 5.73 Å². The summed E-state index contributed by atoms with van der Waals surface area (Å²) in [6.07, 6.45) is 1.99. The van der Waals surface area contributed by atoms with Crippen molar-refractivity contribution in [2.75, 3.05) is 12.0 Å². The molecule has 9 amide bonds. The Morgan fingerprint density at radius 2 is 1.25 bits per heavy atom. The van der Waals surface area contributed by atoms with E-state index < -0.39 is 133 Å². The van der Waals surface area contributed by atoms with Gasteiger partial charge in [0.05, 0.1) is 6.16 Å². The molecular formula is C57H77N10O14PS. The summed E-state index contributed by atoms with van der Waals surface area (Å²) in [5, 5.41) is 31.7. The molecule has 3 aromatic carbocycles. The summed E-state index contributed by atoms with van der Waals surface area (Å²) in [5.74, 6) is -8.06. The number of nitrogens with two attached hydrogens (primary N) is 1. The Kier molecular flexibility index (Phi) is 23.6. The highest BCUT2D eigenvalue weighted by Crippen LogP contribution is 2.39. The molecule has 0 saturated heterocycles. The number of rotatable bonds is 32. The van der Waals surface area contributed by atoms with Crippen LogP contribution in [0.4, 0.5) is 0 Å². The summed E-state index contributed by atoms with van der Waals surface area (Å²) in [6, 6.07) is 12.2. The van der Waals surface area contributed by atoms with Gasteiger partial charge in [-0.2, -0.15) is 11.8 Å². The largest absolute Gasteiger partial charge is 0.481 e. The van der Waals surface area contributed by atoms with Crippen molar-refractivity contribution in [3.05, 3.63) is 107 Å². The fourth-order valence-corrected chi connectivity index (χ4v) is 10.3. The third-order valence-corrected chi connectivity index (χ3v) is 15.3. The standard InChI is InChI=1S/C57H77N10O14PS/c1-32(2)25-43(48(58)71)64-55(78)57(22-23-57)67-53(76)40(19-20-47(69)70)61-51(74)46(29-38-30-59-42-26-33(3)13-18-39(38)42)63-50(73)45(28-36-14-16-37(17-15-36)31-82(79,80)81)65-54(77)56(5,6)66-52(75)41(21-24-83-7)62-49(72)44(60-34(4)68)27-35-11-9-8-10-12-35/h8-18,26,30,32,40-41,43-46,59H,19-25,27-29,31H2,1-7H3,(H2,58,71)(H,60,68)(H,61,74)(H,62,72)(H,63,73)(H,64,78)(H,65,77)(H,66,75)(H,67,76)(H,69,70)(H2,79,80,81)/t40-,41+,43-,44-,45-,46-/m0/s1. The third-order valence-electron chi connectivity index (χ3n) is 13.9. The number of carboxylic acid groups (broad SMARTS) is 1. The number of H-pyrrole nitrogens is 1. The zero-order valence-electron chi connectivity index (χ0n) is 47.6. The molecule has 24 nitrogen and oxygen atoms in total. The lowest BCUT2D eigenvalue weighted by Crippen LogP contribution is -2.63. The lowest BCUT2D eigenvalue weighted by molar-refractivity contribution is -0.139. The van der Waals surface area contributed by atoms with Crippen LogP contribution >= 0.6 is 19.4 Å². The number of hydrogen-bond donors (Lipinski definition) is 13. The van der Waals surface area contributed by atoms with Crippen LogP contribution in [0.2, 0.25) is 0 Å². The fraction of sp³-hybridized carbons (Fsp3) is 0.474. The minimum Gasteiger partial charge on any atom is -0.481 e. The number of amides is 9. The minimum atomic E-state index is -4.49. The van der Waals surface area contributed by atoms with Crippen molar-refractivity contribution in [3.63, 3.8) is 0 Å². The van der Waals surface area contributed by atoms with Crippen LogP contribution in [0, 0.1) is 12.8 Å². The fourth-order valence-electron chi connectivity index (χ4n) is 9.19. The molecule has 6 atom stereocenters. The van der Waals surface area contributed by atoms with E-state index in [1.54, 1.807) is 48.9 Å². The average molecular weight is 1190 g/mol. The zero-order chi connectivity index (χ0) is 61.4. The molecule has 0 radical (unpaired) electrons.